The number of amides is 1. The van der Waals surface area contributed by atoms with E-state index < -0.39 is 0 Å². The molecule has 1 fully saturated rings. The fourth-order valence-corrected chi connectivity index (χ4v) is 2.93. The minimum atomic E-state index is -0.222. The average Bonchev–Trinajstić information content (AvgIpc) is 2.57. The number of benzene rings is 1. The average molecular weight is 335 g/mol. The van der Waals surface area contributed by atoms with E-state index in [0.29, 0.717) is 38.3 Å². The van der Waals surface area contributed by atoms with Crippen LogP contribution in [0.4, 0.5) is 0 Å². The van der Waals surface area contributed by atoms with Crippen LogP contribution < -0.4 is 9.47 Å². The Hall–Kier alpha value is -2.24. The van der Waals surface area contributed by atoms with Crippen molar-refractivity contribution < 1.29 is 23.8 Å². The van der Waals surface area contributed by atoms with Crippen LogP contribution in [0.25, 0.3) is 0 Å². The number of methoxy groups -OCH3 is 2. The van der Waals surface area contributed by atoms with Crippen LogP contribution in [0.2, 0.25) is 0 Å². The van der Waals surface area contributed by atoms with E-state index in [1.54, 1.807) is 21.1 Å². The summed E-state index contributed by atoms with van der Waals surface area (Å²) in [4.78, 5) is 25.7. The van der Waals surface area contributed by atoms with Crippen LogP contribution in [0.15, 0.2) is 18.2 Å². The second kappa shape index (κ2) is 8.57. The second-order valence-corrected chi connectivity index (χ2v) is 5.86. The lowest BCUT2D eigenvalue weighted by molar-refractivity contribution is -0.145. The molecule has 1 aromatic rings. The first-order valence-electron chi connectivity index (χ1n) is 8.21. The summed E-state index contributed by atoms with van der Waals surface area (Å²) < 4.78 is 15.5. The number of hydrogen-bond acceptors (Lipinski definition) is 5. The summed E-state index contributed by atoms with van der Waals surface area (Å²) in [6.45, 7) is 3.30. The molecule has 0 aliphatic carbocycles. The molecule has 1 amide bonds. The molecule has 6 nitrogen and oxygen atoms in total. The topological polar surface area (TPSA) is 65.1 Å². The van der Waals surface area contributed by atoms with E-state index in [0.717, 1.165) is 17.7 Å². The summed E-state index contributed by atoms with van der Waals surface area (Å²) in [5, 5.41) is 0. The molecule has 132 valence electrons. The third kappa shape index (κ3) is 4.63. The maximum Gasteiger partial charge on any atom is 0.306 e. The molecule has 24 heavy (non-hydrogen) atoms. The molecule has 2 rings (SSSR count). The number of ether oxygens (including phenoxy) is 3. The summed E-state index contributed by atoms with van der Waals surface area (Å²) in [6.07, 6.45) is 1.51. The highest BCUT2D eigenvalue weighted by molar-refractivity contribution is 5.78. The maximum atomic E-state index is 12.4. The number of hydrogen-bond donors (Lipinski definition) is 0. The van der Waals surface area contributed by atoms with Gasteiger partial charge in [-0.3, -0.25) is 9.59 Å². The van der Waals surface area contributed by atoms with Gasteiger partial charge in [0.15, 0.2) is 0 Å². The van der Waals surface area contributed by atoms with Crippen molar-refractivity contribution >= 4 is 11.9 Å². The zero-order chi connectivity index (χ0) is 17.5. The summed E-state index contributed by atoms with van der Waals surface area (Å²) in [6, 6.07) is 5.58. The van der Waals surface area contributed by atoms with E-state index in [9.17, 15) is 9.59 Å². The highest BCUT2D eigenvalue weighted by atomic mass is 16.5. The number of piperidine rings is 1. The van der Waals surface area contributed by atoms with Crippen LogP contribution in [0.3, 0.4) is 0 Å². The SMILES string of the molecule is CCOC(=O)CC1CCN(Cc2ccc(OC)cc2OC)C(=O)C1. The molecule has 1 aliphatic rings. The summed E-state index contributed by atoms with van der Waals surface area (Å²) in [5.41, 5.74) is 0.940. The Morgan fingerprint density at radius 2 is 2.08 bits per heavy atom. The lowest BCUT2D eigenvalue weighted by Crippen LogP contribution is -2.39. The Morgan fingerprint density at radius 1 is 1.29 bits per heavy atom. The van der Waals surface area contributed by atoms with Crippen molar-refractivity contribution in [2.24, 2.45) is 5.92 Å². The van der Waals surface area contributed by atoms with Crippen molar-refractivity contribution in [3.63, 3.8) is 0 Å². The van der Waals surface area contributed by atoms with E-state index in [2.05, 4.69) is 0 Å². The van der Waals surface area contributed by atoms with Gasteiger partial charge >= 0.3 is 5.97 Å². The third-order valence-corrected chi connectivity index (χ3v) is 4.24. The Labute approximate surface area is 142 Å². The van der Waals surface area contributed by atoms with Gasteiger partial charge in [-0.05, 0) is 31.4 Å². The van der Waals surface area contributed by atoms with E-state index in [1.807, 2.05) is 23.1 Å². The quantitative estimate of drug-likeness (QED) is 0.716. The molecular weight excluding hydrogens is 310 g/mol. The minimum absolute atomic E-state index is 0.0634. The van der Waals surface area contributed by atoms with Gasteiger partial charge in [0.25, 0.3) is 0 Å². The van der Waals surface area contributed by atoms with Gasteiger partial charge in [0, 0.05) is 37.6 Å². The summed E-state index contributed by atoms with van der Waals surface area (Å²) in [5.74, 6) is 1.34. The van der Waals surface area contributed by atoms with E-state index in [4.69, 9.17) is 14.2 Å². The van der Waals surface area contributed by atoms with E-state index >= 15 is 0 Å². The van der Waals surface area contributed by atoms with Crippen molar-refractivity contribution in [2.75, 3.05) is 27.4 Å². The van der Waals surface area contributed by atoms with Gasteiger partial charge in [-0.1, -0.05) is 0 Å². The van der Waals surface area contributed by atoms with Crippen molar-refractivity contribution in [1.82, 2.24) is 4.90 Å². The van der Waals surface area contributed by atoms with Gasteiger partial charge in [0.05, 0.1) is 20.8 Å². The first-order chi connectivity index (χ1) is 11.6. The van der Waals surface area contributed by atoms with Crippen LogP contribution in [-0.4, -0.2) is 44.1 Å². The van der Waals surface area contributed by atoms with Crippen LogP contribution in [0, 0.1) is 5.92 Å². The molecule has 1 unspecified atom stereocenters. The largest absolute Gasteiger partial charge is 0.497 e. The molecule has 1 aromatic carbocycles. The Bertz CT molecular complexity index is 587. The Morgan fingerprint density at radius 3 is 2.71 bits per heavy atom. The molecule has 0 bridgehead atoms. The fourth-order valence-electron chi connectivity index (χ4n) is 2.93. The minimum Gasteiger partial charge on any atom is -0.497 e. The number of rotatable bonds is 7. The molecule has 1 atom stereocenters. The normalized spacial score (nSPS) is 17.5. The van der Waals surface area contributed by atoms with Crippen LogP contribution in [-0.2, 0) is 20.9 Å². The van der Waals surface area contributed by atoms with Gasteiger partial charge < -0.3 is 19.1 Å². The number of likely N-dealkylation sites (tertiary alicyclic amines) is 1. The molecule has 0 spiro atoms. The standard InChI is InChI=1S/C18H25NO5/c1-4-24-18(21)10-13-7-8-19(17(20)9-13)12-14-5-6-15(22-2)11-16(14)23-3/h5-6,11,13H,4,7-10,12H2,1-3H3. The highest BCUT2D eigenvalue weighted by Crippen LogP contribution is 2.28. The molecule has 0 N–H and O–H groups in total. The fraction of sp³-hybridized carbons (Fsp3) is 0.556. The van der Waals surface area contributed by atoms with Crippen molar-refractivity contribution in [1.29, 1.82) is 0 Å². The second-order valence-electron chi connectivity index (χ2n) is 5.86. The number of nitrogens with zero attached hydrogens (tertiary/aromatic N) is 1. The van der Waals surface area contributed by atoms with Crippen LogP contribution in [0.1, 0.15) is 31.7 Å². The summed E-state index contributed by atoms with van der Waals surface area (Å²) in [7, 11) is 3.21. The van der Waals surface area contributed by atoms with Gasteiger partial charge in [-0.2, -0.15) is 0 Å². The van der Waals surface area contributed by atoms with Crippen molar-refractivity contribution in [3.05, 3.63) is 23.8 Å². The van der Waals surface area contributed by atoms with Crippen LogP contribution in [0.5, 0.6) is 11.5 Å². The first kappa shape index (κ1) is 18.1. The van der Waals surface area contributed by atoms with E-state index in [1.165, 1.54) is 0 Å². The number of carbonyl (C=O) groups excluding carboxylic acids is 2. The van der Waals surface area contributed by atoms with E-state index in [-0.39, 0.29) is 17.8 Å². The van der Waals surface area contributed by atoms with Gasteiger partial charge in [0.2, 0.25) is 5.91 Å². The Kier molecular flexibility index (Phi) is 6.46. The maximum absolute atomic E-state index is 12.4. The zero-order valence-electron chi connectivity index (χ0n) is 14.5. The zero-order valence-corrected chi connectivity index (χ0v) is 14.5. The third-order valence-electron chi connectivity index (χ3n) is 4.24. The lowest BCUT2D eigenvalue weighted by atomic mass is 9.92. The predicted molar refractivity (Wildman–Crippen MR) is 88.9 cm³/mol. The van der Waals surface area contributed by atoms with Crippen molar-refractivity contribution in [2.45, 2.75) is 32.7 Å². The number of esters is 1. The van der Waals surface area contributed by atoms with Gasteiger partial charge in [-0.25, -0.2) is 0 Å². The van der Waals surface area contributed by atoms with Gasteiger partial charge in [0.1, 0.15) is 11.5 Å². The smallest absolute Gasteiger partial charge is 0.306 e. The molecule has 0 saturated carbocycles. The molecule has 0 aromatic heterocycles. The monoisotopic (exact) mass is 335 g/mol. The molecule has 1 heterocycles. The molecule has 6 heteroatoms. The molecule has 1 aliphatic heterocycles. The number of carbonyl (C=O) groups is 2. The first-order valence-corrected chi connectivity index (χ1v) is 8.21. The molecular formula is C18H25NO5. The summed E-state index contributed by atoms with van der Waals surface area (Å²) >= 11 is 0. The van der Waals surface area contributed by atoms with Crippen molar-refractivity contribution in [3.8, 4) is 11.5 Å². The highest BCUT2D eigenvalue weighted by Gasteiger charge is 2.28. The van der Waals surface area contributed by atoms with Gasteiger partial charge in [-0.15, -0.1) is 0 Å². The Balaban J connectivity index is 1.95. The molecule has 0 radical (unpaired) electrons. The van der Waals surface area contributed by atoms with Crippen LogP contribution >= 0.6 is 0 Å². The predicted octanol–water partition coefficient (Wildman–Crippen LogP) is 2.40. The molecule has 1 saturated heterocycles. The lowest BCUT2D eigenvalue weighted by Gasteiger charge is -2.31.